The number of anilines is 1. The molecule has 1 aromatic carbocycles. The van der Waals surface area contributed by atoms with Crippen LogP contribution in [0.3, 0.4) is 0 Å². The molecule has 1 saturated carbocycles. The Bertz CT molecular complexity index is 902. The van der Waals surface area contributed by atoms with Gasteiger partial charge in [0.05, 0.1) is 16.8 Å². The number of nitrogens with zero attached hydrogens (tertiary/aromatic N) is 5. The highest BCUT2D eigenvalue weighted by atomic mass is 32.2. The molecule has 0 radical (unpaired) electrons. The molecule has 1 aromatic heterocycles. The molecule has 6 nitrogen and oxygen atoms in total. The number of thioether (sulfide) groups is 1. The Morgan fingerprint density at radius 2 is 1.55 bits per heavy atom. The minimum Gasteiger partial charge on any atom is -0.354 e. The van der Waals surface area contributed by atoms with E-state index in [-0.39, 0.29) is 5.91 Å². The Kier molecular flexibility index (Phi) is 6.60. The van der Waals surface area contributed by atoms with E-state index in [9.17, 15) is 4.79 Å². The number of amides is 1. The maximum absolute atomic E-state index is 13.0. The summed E-state index contributed by atoms with van der Waals surface area (Å²) in [5, 5.41) is 0.901. The van der Waals surface area contributed by atoms with Gasteiger partial charge in [0.2, 0.25) is 5.91 Å². The number of hydrogen-bond acceptors (Lipinski definition) is 6. The molecule has 0 unspecified atom stereocenters. The van der Waals surface area contributed by atoms with E-state index < -0.39 is 0 Å². The number of carbonyl (C=O) groups excluding carboxylic acids is 1. The average molecular weight is 440 g/mol. The topological polar surface area (TPSA) is 52.6 Å². The Morgan fingerprint density at radius 1 is 0.871 bits per heavy atom. The third kappa shape index (κ3) is 4.82. The first kappa shape index (κ1) is 21.0. The molecule has 1 amide bonds. The van der Waals surface area contributed by atoms with Crippen LogP contribution in [-0.4, -0.2) is 76.7 Å². The number of piperazine rings is 1. The SMILES string of the molecule is O=C(CSc1nc2ccccc2nc1N1CCCCC1)N1CCN(C2CCCC2)CC1. The monoisotopic (exact) mass is 439 g/mol. The van der Waals surface area contributed by atoms with Gasteiger partial charge < -0.3 is 9.80 Å². The summed E-state index contributed by atoms with van der Waals surface area (Å²) >= 11 is 1.56. The Labute approximate surface area is 189 Å². The first-order chi connectivity index (χ1) is 15.3. The molecular weight excluding hydrogens is 406 g/mol. The second kappa shape index (κ2) is 9.74. The molecule has 0 spiro atoms. The smallest absolute Gasteiger partial charge is 0.233 e. The van der Waals surface area contributed by atoms with E-state index in [1.165, 1.54) is 44.9 Å². The van der Waals surface area contributed by atoms with Crippen LogP contribution in [0.2, 0.25) is 0 Å². The Balaban J connectivity index is 1.25. The maximum Gasteiger partial charge on any atom is 0.233 e. The molecule has 2 aromatic rings. The van der Waals surface area contributed by atoms with Crippen molar-refractivity contribution in [3.05, 3.63) is 24.3 Å². The molecule has 0 N–H and O–H groups in total. The summed E-state index contributed by atoms with van der Waals surface area (Å²) in [5.41, 5.74) is 1.84. The molecule has 166 valence electrons. The number of benzene rings is 1. The van der Waals surface area contributed by atoms with Crippen LogP contribution in [0.5, 0.6) is 0 Å². The molecule has 1 aliphatic carbocycles. The molecule has 3 fully saturated rings. The zero-order valence-corrected chi connectivity index (χ0v) is 19.2. The van der Waals surface area contributed by atoms with Crippen molar-refractivity contribution >= 4 is 34.5 Å². The first-order valence-electron chi connectivity index (χ1n) is 11.9. The van der Waals surface area contributed by atoms with Gasteiger partial charge in [0, 0.05) is 45.3 Å². The van der Waals surface area contributed by atoms with Crippen LogP contribution in [-0.2, 0) is 4.79 Å². The van der Waals surface area contributed by atoms with E-state index in [0.717, 1.165) is 67.2 Å². The highest BCUT2D eigenvalue weighted by molar-refractivity contribution is 8.00. The summed E-state index contributed by atoms with van der Waals surface area (Å²) in [6.45, 7) is 5.82. The van der Waals surface area contributed by atoms with Gasteiger partial charge in [-0.1, -0.05) is 36.7 Å². The van der Waals surface area contributed by atoms with Crippen LogP contribution in [0.25, 0.3) is 11.0 Å². The molecule has 0 bridgehead atoms. The zero-order valence-electron chi connectivity index (χ0n) is 18.3. The third-order valence-corrected chi connectivity index (χ3v) is 7.96. The van der Waals surface area contributed by atoms with E-state index in [1.54, 1.807) is 11.8 Å². The van der Waals surface area contributed by atoms with E-state index >= 15 is 0 Å². The fourth-order valence-electron chi connectivity index (χ4n) is 5.21. The molecular formula is C24H33N5OS. The molecule has 0 atom stereocenters. The number of aromatic nitrogens is 2. The van der Waals surface area contributed by atoms with Gasteiger partial charge in [-0.25, -0.2) is 9.97 Å². The number of piperidine rings is 1. The van der Waals surface area contributed by atoms with Gasteiger partial charge in [-0.2, -0.15) is 0 Å². The lowest BCUT2D eigenvalue weighted by molar-refractivity contribution is -0.130. The molecule has 5 rings (SSSR count). The van der Waals surface area contributed by atoms with Crippen molar-refractivity contribution in [1.29, 1.82) is 0 Å². The predicted molar refractivity (Wildman–Crippen MR) is 127 cm³/mol. The summed E-state index contributed by atoms with van der Waals surface area (Å²) in [7, 11) is 0. The van der Waals surface area contributed by atoms with Gasteiger partial charge in [-0.3, -0.25) is 9.69 Å². The van der Waals surface area contributed by atoms with E-state index in [1.807, 2.05) is 29.2 Å². The summed E-state index contributed by atoms with van der Waals surface area (Å²) in [6.07, 6.45) is 9.09. The van der Waals surface area contributed by atoms with Crippen LogP contribution in [0, 0.1) is 0 Å². The highest BCUT2D eigenvalue weighted by Gasteiger charge is 2.28. The molecule has 31 heavy (non-hydrogen) atoms. The van der Waals surface area contributed by atoms with Crippen molar-refractivity contribution < 1.29 is 4.79 Å². The van der Waals surface area contributed by atoms with Crippen molar-refractivity contribution in [2.45, 2.75) is 56.0 Å². The van der Waals surface area contributed by atoms with Crippen molar-refractivity contribution in [2.24, 2.45) is 0 Å². The number of hydrogen-bond donors (Lipinski definition) is 0. The van der Waals surface area contributed by atoms with Gasteiger partial charge in [-0.05, 0) is 44.2 Å². The molecule has 7 heteroatoms. The van der Waals surface area contributed by atoms with E-state index in [2.05, 4.69) is 9.80 Å². The van der Waals surface area contributed by atoms with Gasteiger partial charge in [0.1, 0.15) is 5.03 Å². The minimum absolute atomic E-state index is 0.232. The van der Waals surface area contributed by atoms with Gasteiger partial charge in [-0.15, -0.1) is 0 Å². The van der Waals surface area contributed by atoms with Gasteiger partial charge >= 0.3 is 0 Å². The lowest BCUT2D eigenvalue weighted by Crippen LogP contribution is -2.51. The van der Waals surface area contributed by atoms with Crippen LogP contribution in [0.4, 0.5) is 5.82 Å². The summed E-state index contributed by atoms with van der Waals surface area (Å²) in [6, 6.07) is 8.81. The largest absolute Gasteiger partial charge is 0.354 e. The van der Waals surface area contributed by atoms with Crippen molar-refractivity contribution in [3.8, 4) is 0 Å². The molecule has 2 aliphatic heterocycles. The lowest BCUT2D eigenvalue weighted by Gasteiger charge is -2.38. The fourth-order valence-corrected chi connectivity index (χ4v) is 6.12. The first-order valence-corrected chi connectivity index (χ1v) is 12.9. The predicted octanol–water partition coefficient (Wildman–Crippen LogP) is 3.80. The van der Waals surface area contributed by atoms with Crippen molar-refractivity contribution in [3.63, 3.8) is 0 Å². The van der Waals surface area contributed by atoms with Gasteiger partial charge in [0.15, 0.2) is 5.82 Å². The number of fused-ring (bicyclic) bond motifs is 1. The summed E-state index contributed by atoms with van der Waals surface area (Å²) < 4.78 is 0. The van der Waals surface area contributed by atoms with Crippen molar-refractivity contribution in [2.75, 3.05) is 49.9 Å². The van der Waals surface area contributed by atoms with Gasteiger partial charge in [0.25, 0.3) is 0 Å². The highest BCUT2D eigenvalue weighted by Crippen LogP contribution is 2.31. The standard InChI is InChI=1S/C24H33N5OS/c30-22(28-16-14-27(15-17-28)19-8-2-3-9-19)18-31-24-23(29-12-6-1-7-13-29)25-20-10-4-5-11-21(20)26-24/h4-5,10-11,19H,1-3,6-9,12-18H2. The van der Waals surface area contributed by atoms with Crippen LogP contribution >= 0.6 is 11.8 Å². The Hall–Kier alpha value is -1.86. The van der Waals surface area contributed by atoms with E-state index in [0.29, 0.717) is 5.75 Å². The second-order valence-corrected chi connectivity index (χ2v) is 10.00. The van der Waals surface area contributed by atoms with Crippen LogP contribution in [0.1, 0.15) is 44.9 Å². The number of para-hydroxylation sites is 2. The lowest BCUT2D eigenvalue weighted by atomic mass is 10.1. The molecule has 2 saturated heterocycles. The number of rotatable bonds is 5. The second-order valence-electron chi connectivity index (χ2n) is 9.03. The third-order valence-electron chi connectivity index (χ3n) is 7.02. The summed E-state index contributed by atoms with van der Waals surface area (Å²) in [5.74, 6) is 1.63. The average Bonchev–Trinajstić information content (AvgIpc) is 3.38. The van der Waals surface area contributed by atoms with Crippen molar-refractivity contribution in [1.82, 2.24) is 19.8 Å². The normalized spacial score (nSPS) is 21.2. The number of carbonyl (C=O) groups is 1. The molecule has 3 heterocycles. The fraction of sp³-hybridized carbons (Fsp3) is 0.625. The zero-order chi connectivity index (χ0) is 21.0. The summed E-state index contributed by atoms with van der Waals surface area (Å²) in [4.78, 5) is 29.9. The van der Waals surface area contributed by atoms with E-state index in [4.69, 9.17) is 9.97 Å². The maximum atomic E-state index is 13.0. The van der Waals surface area contributed by atoms with Crippen LogP contribution in [0.15, 0.2) is 29.3 Å². The quantitative estimate of drug-likeness (QED) is 0.661. The Morgan fingerprint density at radius 3 is 2.26 bits per heavy atom. The van der Waals surface area contributed by atoms with Crippen LogP contribution < -0.4 is 4.90 Å². The minimum atomic E-state index is 0.232. The molecule has 3 aliphatic rings.